The highest BCUT2D eigenvalue weighted by molar-refractivity contribution is 7.15. The molecule has 110 valence electrons. The zero-order chi connectivity index (χ0) is 15.2. The first-order valence-corrected chi connectivity index (χ1v) is 6.68. The summed E-state index contributed by atoms with van der Waals surface area (Å²) in [6.07, 6.45) is 0. The molecule has 0 aliphatic rings. The van der Waals surface area contributed by atoms with E-state index in [-0.39, 0.29) is 5.75 Å². The number of para-hydroxylation sites is 2. The summed E-state index contributed by atoms with van der Waals surface area (Å²) in [4.78, 5) is 22.3. The molecule has 2 aromatic rings. The molecule has 0 aliphatic carbocycles. The summed E-state index contributed by atoms with van der Waals surface area (Å²) in [5.74, 6) is -0.831. The van der Waals surface area contributed by atoms with Gasteiger partial charge in [-0.05, 0) is 19.1 Å². The Labute approximate surface area is 123 Å². The smallest absolute Gasteiger partial charge is 0.341 e. The minimum absolute atomic E-state index is 0.267. The second-order valence-corrected chi connectivity index (χ2v) is 5.07. The van der Waals surface area contributed by atoms with Crippen molar-refractivity contribution in [2.75, 3.05) is 17.2 Å². The average Bonchev–Trinajstić information content (AvgIpc) is 2.83. The predicted molar refractivity (Wildman–Crippen MR) is 76.9 cm³/mol. The summed E-state index contributed by atoms with van der Waals surface area (Å²) in [7, 11) is 0. The van der Waals surface area contributed by atoms with Crippen LogP contribution in [0.5, 0.6) is 5.75 Å². The van der Waals surface area contributed by atoms with Gasteiger partial charge in [0.1, 0.15) is 10.8 Å². The number of carbonyl (C=O) groups excluding carboxylic acids is 1. The molecule has 0 bridgehead atoms. The van der Waals surface area contributed by atoms with Gasteiger partial charge < -0.3 is 15.2 Å². The first kappa shape index (κ1) is 14.7. The Bertz CT molecular complexity index is 658. The molecule has 2 amide bonds. The van der Waals surface area contributed by atoms with E-state index in [2.05, 4.69) is 20.8 Å². The molecule has 1 heterocycles. The number of benzene rings is 1. The third kappa shape index (κ3) is 4.42. The lowest BCUT2D eigenvalue weighted by Gasteiger charge is -2.10. The van der Waals surface area contributed by atoms with Crippen molar-refractivity contribution in [3.63, 3.8) is 0 Å². The maximum atomic E-state index is 11.8. The molecule has 8 nitrogen and oxygen atoms in total. The Morgan fingerprint density at radius 1 is 1.29 bits per heavy atom. The molecular weight excluding hydrogens is 296 g/mol. The van der Waals surface area contributed by atoms with E-state index in [0.29, 0.717) is 10.8 Å². The van der Waals surface area contributed by atoms with Crippen molar-refractivity contribution >= 4 is 34.2 Å². The zero-order valence-corrected chi connectivity index (χ0v) is 11.8. The molecule has 2 rings (SSSR count). The van der Waals surface area contributed by atoms with Gasteiger partial charge in [0.25, 0.3) is 0 Å². The summed E-state index contributed by atoms with van der Waals surface area (Å²) in [6.45, 7) is 1.28. The number of aliphatic carboxylic acids is 1. The highest BCUT2D eigenvalue weighted by Gasteiger charge is 2.10. The number of aromatic nitrogens is 2. The minimum atomic E-state index is -1.10. The van der Waals surface area contributed by atoms with Crippen LogP contribution in [-0.4, -0.2) is 33.9 Å². The molecule has 21 heavy (non-hydrogen) atoms. The van der Waals surface area contributed by atoms with Crippen LogP contribution >= 0.6 is 11.3 Å². The fourth-order valence-electron chi connectivity index (χ4n) is 1.43. The molecule has 1 aromatic carbocycles. The summed E-state index contributed by atoms with van der Waals surface area (Å²) in [6, 6.07) is 6.01. The van der Waals surface area contributed by atoms with Gasteiger partial charge in [-0.15, -0.1) is 10.2 Å². The molecule has 0 saturated carbocycles. The quantitative estimate of drug-likeness (QED) is 0.778. The number of anilines is 2. The van der Waals surface area contributed by atoms with Crippen LogP contribution in [0.3, 0.4) is 0 Å². The fourth-order valence-corrected chi connectivity index (χ4v) is 2.02. The Hall–Kier alpha value is -2.68. The lowest BCUT2D eigenvalue weighted by molar-refractivity contribution is -0.139. The number of hydrogen-bond acceptors (Lipinski definition) is 6. The van der Waals surface area contributed by atoms with Crippen molar-refractivity contribution in [3.8, 4) is 5.75 Å². The normalized spacial score (nSPS) is 9.95. The molecule has 0 atom stereocenters. The van der Waals surface area contributed by atoms with Crippen molar-refractivity contribution in [1.82, 2.24) is 10.2 Å². The van der Waals surface area contributed by atoms with Crippen LogP contribution in [0.4, 0.5) is 15.6 Å². The van der Waals surface area contributed by atoms with Crippen LogP contribution in [0.2, 0.25) is 0 Å². The third-order valence-corrected chi connectivity index (χ3v) is 2.99. The van der Waals surface area contributed by atoms with Crippen molar-refractivity contribution in [2.24, 2.45) is 0 Å². The number of hydrogen-bond donors (Lipinski definition) is 3. The van der Waals surface area contributed by atoms with Gasteiger partial charge in [-0.3, -0.25) is 5.32 Å². The van der Waals surface area contributed by atoms with Gasteiger partial charge in [0.05, 0.1) is 5.69 Å². The topological polar surface area (TPSA) is 113 Å². The Morgan fingerprint density at radius 3 is 2.71 bits per heavy atom. The summed E-state index contributed by atoms with van der Waals surface area (Å²) in [5.41, 5.74) is 0.359. The molecule has 9 heteroatoms. The Kier molecular flexibility index (Phi) is 4.67. The van der Waals surface area contributed by atoms with Crippen LogP contribution in [0.25, 0.3) is 0 Å². The molecule has 0 radical (unpaired) electrons. The van der Waals surface area contributed by atoms with Gasteiger partial charge in [0, 0.05) is 0 Å². The molecular formula is C12H12N4O4S. The number of rotatable bonds is 5. The summed E-state index contributed by atoms with van der Waals surface area (Å²) in [5, 5.41) is 22.3. The first-order chi connectivity index (χ1) is 10.0. The van der Waals surface area contributed by atoms with Gasteiger partial charge in [-0.2, -0.15) is 0 Å². The monoisotopic (exact) mass is 308 g/mol. The maximum absolute atomic E-state index is 11.8. The first-order valence-electron chi connectivity index (χ1n) is 5.86. The van der Waals surface area contributed by atoms with Crippen molar-refractivity contribution < 1.29 is 19.4 Å². The van der Waals surface area contributed by atoms with Gasteiger partial charge in [-0.25, -0.2) is 9.59 Å². The number of nitrogens with zero attached hydrogens (tertiary/aromatic N) is 2. The number of amides is 2. The molecule has 0 spiro atoms. The van der Waals surface area contributed by atoms with E-state index in [1.807, 2.05) is 0 Å². The number of carboxylic acids is 1. The SMILES string of the molecule is Cc1nnc(NC(=O)Nc2ccccc2OCC(=O)O)s1. The summed E-state index contributed by atoms with van der Waals surface area (Å²) >= 11 is 1.24. The molecule has 0 saturated heterocycles. The van der Waals surface area contributed by atoms with Crippen molar-refractivity contribution in [2.45, 2.75) is 6.92 Å². The average molecular weight is 308 g/mol. The highest BCUT2D eigenvalue weighted by Crippen LogP contribution is 2.24. The van der Waals surface area contributed by atoms with E-state index in [9.17, 15) is 9.59 Å². The van der Waals surface area contributed by atoms with Gasteiger partial charge >= 0.3 is 12.0 Å². The molecule has 0 unspecified atom stereocenters. The molecule has 3 N–H and O–H groups in total. The second kappa shape index (κ2) is 6.66. The van der Waals surface area contributed by atoms with E-state index in [0.717, 1.165) is 5.01 Å². The Balaban J connectivity index is 2.01. The zero-order valence-electron chi connectivity index (χ0n) is 11.0. The fraction of sp³-hybridized carbons (Fsp3) is 0.167. The number of carbonyl (C=O) groups is 2. The van der Waals surface area contributed by atoms with E-state index < -0.39 is 18.6 Å². The van der Waals surface area contributed by atoms with Gasteiger partial charge in [0.15, 0.2) is 6.61 Å². The van der Waals surface area contributed by atoms with Crippen LogP contribution in [0.15, 0.2) is 24.3 Å². The van der Waals surface area contributed by atoms with E-state index in [4.69, 9.17) is 9.84 Å². The van der Waals surface area contributed by atoms with E-state index in [1.165, 1.54) is 11.3 Å². The van der Waals surface area contributed by atoms with Crippen molar-refractivity contribution in [1.29, 1.82) is 0 Å². The number of carboxylic acid groups (broad SMARTS) is 1. The minimum Gasteiger partial charge on any atom is -0.480 e. The number of urea groups is 1. The van der Waals surface area contributed by atoms with Crippen LogP contribution in [-0.2, 0) is 4.79 Å². The lowest BCUT2D eigenvalue weighted by Crippen LogP contribution is -2.20. The largest absolute Gasteiger partial charge is 0.480 e. The van der Waals surface area contributed by atoms with Crippen molar-refractivity contribution in [3.05, 3.63) is 29.3 Å². The standard InChI is InChI=1S/C12H12N4O4S/c1-7-15-16-12(21-7)14-11(19)13-8-4-2-3-5-9(8)20-6-10(17)18/h2-5H,6H2,1H3,(H,17,18)(H2,13,14,16,19). The number of aryl methyl sites for hydroxylation is 1. The van der Waals surface area contributed by atoms with Gasteiger partial charge in [-0.1, -0.05) is 23.5 Å². The van der Waals surface area contributed by atoms with E-state index in [1.54, 1.807) is 31.2 Å². The number of ether oxygens (including phenoxy) is 1. The molecule has 0 aliphatic heterocycles. The van der Waals surface area contributed by atoms with Gasteiger partial charge in [0.2, 0.25) is 5.13 Å². The second-order valence-electron chi connectivity index (χ2n) is 3.88. The van der Waals surface area contributed by atoms with Crippen LogP contribution in [0, 0.1) is 6.92 Å². The maximum Gasteiger partial charge on any atom is 0.341 e. The molecule has 1 aromatic heterocycles. The predicted octanol–water partition coefficient (Wildman–Crippen LogP) is 1.95. The third-order valence-electron chi connectivity index (χ3n) is 2.23. The number of nitrogens with one attached hydrogen (secondary N) is 2. The Morgan fingerprint density at radius 2 is 2.05 bits per heavy atom. The lowest BCUT2D eigenvalue weighted by atomic mass is 10.3. The van der Waals surface area contributed by atoms with Crippen LogP contribution in [0.1, 0.15) is 5.01 Å². The van der Waals surface area contributed by atoms with E-state index >= 15 is 0 Å². The molecule has 0 fully saturated rings. The highest BCUT2D eigenvalue weighted by atomic mass is 32.1. The summed E-state index contributed by atoms with van der Waals surface area (Å²) < 4.78 is 5.09. The van der Waals surface area contributed by atoms with Crippen LogP contribution < -0.4 is 15.4 Å².